The fraction of sp³-hybridized carbons (Fsp3) is 0.200. The van der Waals surface area contributed by atoms with Crippen LogP contribution in [-0.4, -0.2) is 4.92 Å². The van der Waals surface area contributed by atoms with Gasteiger partial charge in [0.2, 0.25) is 0 Å². The van der Waals surface area contributed by atoms with Crippen LogP contribution in [0.4, 0.5) is 11.4 Å². The SMILES string of the molecule is Cc1cc(C)c(NCc2ccc(Cl)c([N+](=O)[O-])c2)c(Br)c1. The molecule has 0 aliphatic carbocycles. The van der Waals surface area contributed by atoms with E-state index in [9.17, 15) is 10.1 Å². The van der Waals surface area contributed by atoms with Gasteiger partial charge < -0.3 is 5.32 Å². The Morgan fingerprint density at radius 1 is 1.29 bits per heavy atom. The number of rotatable bonds is 4. The van der Waals surface area contributed by atoms with Crippen molar-refractivity contribution in [2.75, 3.05) is 5.32 Å². The molecule has 1 N–H and O–H groups in total. The molecule has 0 bridgehead atoms. The van der Waals surface area contributed by atoms with Crippen LogP contribution in [0.15, 0.2) is 34.8 Å². The number of aryl methyl sites for hydroxylation is 2. The van der Waals surface area contributed by atoms with Gasteiger partial charge in [-0.15, -0.1) is 0 Å². The van der Waals surface area contributed by atoms with Crippen molar-refractivity contribution in [1.82, 2.24) is 0 Å². The van der Waals surface area contributed by atoms with Crippen LogP contribution in [0.3, 0.4) is 0 Å². The zero-order valence-electron chi connectivity index (χ0n) is 11.6. The lowest BCUT2D eigenvalue weighted by Gasteiger charge is -2.13. The lowest BCUT2D eigenvalue weighted by Crippen LogP contribution is -2.03. The first-order valence-corrected chi connectivity index (χ1v) is 7.49. The van der Waals surface area contributed by atoms with E-state index in [-0.39, 0.29) is 10.7 Å². The van der Waals surface area contributed by atoms with Gasteiger partial charge in [0.25, 0.3) is 5.69 Å². The van der Waals surface area contributed by atoms with Crippen molar-refractivity contribution in [3.05, 3.63) is 66.6 Å². The first-order chi connectivity index (χ1) is 9.88. The molecule has 6 heteroatoms. The molecule has 0 amide bonds. The minimum Gasteiger partial charge on any atom is -0.380 e. The highest BCUT2D eigenvalue weighted by molar-refractivity contribution is 9.10. The van der Waals surface area contributed by atoms with Crippen molar-refractivity contribution in [1.29, 1.82) is 0 Å². The van der Waals surface area contributed by atoms with Crippen molar-refractivity contribution in [3.63, 3.8) is 0 Å². The van der Waals surface area contributed by atoms with Crippen LogP contribution in [0.5, 0.6) is 0 Å². The van der Waals surface area contributed by atoms with Gasteiger partial charge in [0.05, 0.1) is 10.6 Å². The lowest BCUT2D eigenvalue weighted by molar-refractivity contribution is -0.384. The Labute approximate surface area is 136 Å². The highest BCUT2D eigenvalue weighted by Crippen LogP contribution is 2.29. The van der Waals surface area contributed by atoms with E-state index in [0.29, 0.717) is 6.54 Å². The third-order valence-corrected chi connectivity index (χ3v) is 4.05. The van der Waals surface area contributed by atoms with Crippen LogP contribution in [0.25, 0.3) is 0 Å². The van der Waals surface area contributed by atoms with Gasteiger partial charge in [-0.2, -0.15) is 0 Å². The highest BCUT2D eigenvalue weighted by Gasteiger charge is 2.13. The van der Waals surface area contributed by atoms with Crippen LogP contribution in [-0.2, 0) is 6.54 Å². The molecule has 0 spiro atoms. The first kappa shape index (κ1) is 15.8. The summed E-state index contributed by atoms with van der Waals surface area (Å²) in [5, 5.41) is 14.3. The van der Waals surface area contributed by atoms with E-state index in [1.807, 2.05) is 19.9 Å². The predicted octanol–water partition coefficient (Wildman–Crippen LogP) is 5.24. The molecule has 0 atom stereocenters. The second-order valence-electron chi connectivity index (χ2n) is 4.84. The van der Waals surface area contributed by atoms with Crippen molar-refractivity contribution >= 4 is 38.9 Å². The number of hydrogen-bond donors (Lipinski definition) is 1. The second-order valence-corrected chi connectivity index (χ2v) is 6.10. The number of nitrogens with one attached hydrogen (secondary N) is 1. The number of benzene rings is 2. The third kappa shape index (κ3) is 3.74. The topological polar surface area (TPSA) is 55.2 Å². The van der Waals surface area contributed by atoms with E-state index in [2.05, 4.69) is 27.3 Å². The standard InChI is InChI=1S/C15H14BrClN2O2/c1-9-5-10(2)15(12(16)6-9)18-8-11-3-4-13(17)14(7-11)19(20)21/h3-7,18H,8H2,1-2H3. The number of anilines is 1. The fourth-order valence-electron chi connectivity index (χ4n) is 2.14. The molecule has 4 nitrogen and oxygen atoms in total. The molecule has 0 aliphatic rings. The molecule has 110 valence electrons. The molecule has 0 aliphatic heterocycles. The van der Waals surface area contributed by atoms with Crippen LogP contribution < -0.4 is 5.32 Å². The fourth-order valence-corrected chi connectivity index (χ4v) is 3.14. The van der Waals surface area contributed by atoms with Crippen LogP contribution in [0.1, 0.15) is 16.7 Å². The van der Waals surface area contributed by atoms with Crippen LogP contribution in [0.2, 0.25) is 5.02 Å². The van der Waals surface area contributed by atoms with Crippen molar-refractivity contribution in [2.45, 2.75) is 20.4 Å². The van der Waals surface area contributed by atoms with E-state index < -0.39 is 4.92 Å². The number of nitro benzene ring substituents is 1. The number of nitro groups is 1. The molecule has 0 saturated carbocycles. The zero-order valence-corrected chi connectivity index (χ0v) is 14.0. The molecule has 0 heterocycles. The third-order valence-electron chi connectivity index (χ3n) is 3.11. The average Bonchev–Trinajstić information content (AvgIpc) is 2.38. The van der Waals surface area contributed by atoms with Crippen LogP contribution >= 0.6 is 27.5 Å². The van der Waals surface area contributed by atoms with Gasteiger partial charge in [-0.05, 0) is 58.6 Å². The molecule has 0 fully saturated rings. The number of halogens is 2. The Hall–Kier alpha value is -1.59. The van der Waals surface area contributed by atoms with E-state index in [4.69, 9.17) is 11.6 Å². The maximum atomic E-state index is 10.9. The largest absolute Gasteiger partial charge is 0.380 e. The lowest BCUT2D eigenvalue weighted by atomic mass is 10.1. The van der Waals surface area contributed by atoms with Crippen molar-refractivity contribution in [2.24, 2.45) is 0 Å². The maximum absolute atomic E-state index is 10.9. The molecule has 0 unspecified atom stereocenters. The molecular weight excluding hydrogens is 356 g/mol. The summed E-state index contributed by atoms with van der Waals surface area (Å²) >= 11 is 9.34. The molecule has 0 radical (unpaired) electrons. The monoisotopic (exact) mass is 368 g/mol. The van der Waals surface area contributed by atoms with Gasteiger partial charge in [-0.1, -0.05) is 23.7 Å². The summed E-state index contributed by atoms with van der Waals surface area (Å²) in [6.07, 6.45) is 0. The van der Waals surface area contributed by atoms with Gasteiger partial charge in [0.15, 0.2) is 0 Å². The van der Waals surface area contributed by atoms with Crippen molar-refractivity contribution < 1.29 is 4.92 Å². The van der Waals surface area contributed by atoms with Gasteiger partial charge in [-0.3, -0.25) is 10.1 Å². The van der Waals surface area contributed by atoms with Gasteiger partial charge in [0.1, 0.15) is 5.02 Å². The van der Waals surface area contributed by atoms with Gasteiger partial charge in [-0.25, -0.2) is 0 Å². The van der Waals surface area contributed by atoms with E-state index >= 15 is 0 Å². The Morgan fingerprint density at radius 2 is 2.00 bits per heavy atom. The average molecular weight is 370 g/mol. The van der Waals surface area contributed by atoms with Gasteiger partial charge in [0, 0.05) is 17.1 Å². The number of hydrogen-bond acceptors (Lipinski definition) is 3. The Morgan fingerprint density at radius 3 is 2.62 bits per heavy atom. The summed E-state index contributed by atoms with van der Waals surface area (Å²) in [5.74, 6) is 0. The van der Waals surface area contributed by atoms with Crippen molar-refractivity contribution in [3.8, 4) is 0 Å². The summed E-state index contributed by atoms with van der Waals surface area (Å²) in [4.78, 5) is 10.4. The molecule has 2 aromatic carbocycles. The predicted molar refractivity (Wildman–Crippen MR) is 89.0 cm³/mol. The van der Waals surface area contributed by atoms with Gasteiger partial charge >= 0.3 is 0 Å². The summed E-state index contributed by atoms with van der Waals surface area (Å²) in [5.41, 5.74) is 4.00. The van der Waals surface area contributed by atoms with E-state index in [0.717, 1.165) is 21.3 Å². The summed E-state index contributed by atoms with van der Waals surface area (Å²) in [6, 6.07) is 8.93. The molecule has 21 heavy (non-hydrogen) atoms. The second kappa shape index (κ2) is 6.45. The molecule has 2 rings (SSSR count). The minimum absolute atomic E-state index is 0.0735. The number of nitrogens with zero attached hydrogens (tertiary/aromatic N) is 1. The Bertz CT molecular complexity index is 681. The zero-order chi connectivity index (χ0) is 15.6. The highest BCUT2D eigenvalue weighted by atomic mass is 79.9. The summed E-state index contributed by atoms with van der Waals surface area (Å²) < 4.78 is 0.975. The van der Waals surface area contributed by atoms with Crippen LogP contribution in [0, 0.1) is 24.0 Å². The maximum Gasteiger partial charge on any atom is 0.288 e. The quantitative estimate of drug-likeness (QED) is 0.592. The summed E-state index contributed by atoms with van der Waals surface area (Å²) in [6.45, 7) is 4.54. The summed E-state index contributed by atoms with van der Waals surface area (Å²) in [7, 11) is 0. The molecular formula is C15H14BrClN2O2. The first-order valence-electron chi connectivity index (χ1n) is 6.32. The molecule has 0 aromatic heterocycles. The van der Waals surface area contributed by atoms with E-state index in [1.165, 1.54) is 11.6 Å². The smallest absolute Gasteiger partial charge is 0.288 e. The molecule has 0 saturated heterocycles. The normalized spacial score (nSPS) is 10.5. The van der Waals surface area contributed by atoms with E-state index in [1.54, 1.807) is 12.1 Å². The minimum atomic E-state index is -0.473. The molecule has 2 aromatic rings. The Kier molecular flexibility index (Phi) is 4.85. The Balaban J connectivity index is 2.21.